The van der Waals surface area contributed by atoms with E-state index in [1.165, 1.54) is 0 Å². The van der Waals surface area contributed by atoms with Crippen molar-refractivity contribution in [1.82, 2.24) is 10.4 Å². The van der Waals surface area contributed by atoms with Crippen molar-refractivity contribution in [2.45, 2.75) is 59.1 Å². The van der Waals surface area contributed by atoms with E-state index >= 15 is 0 Å². The van der Waals surface area contributed by atoms with Crippen molar-refractivity contribution in [2.24, 2.45) is 5.92 Å². The molecule has 7 nitrogen and oxygen atoms in total. The zero-order chi connectivity index (χ0) is 17.1. The predicted molar refractivity (Wildman–Crippen MR) is 79.3 cm³/mol. The lowest BCUT2D eigenvalue weighted by Gasteiger charge is -2.26. The number of hydroxylamine groups is 2. The van der Waals surface area contributed by atoms with E-state index in [-0.39, 0.29) is 18.2 Å². The summed E-state index contributed by atoms with van der Waals surface area (Å²) < 4.78 is 5.12. The lowest BCUT2D eigenvalue weighted by Crippen LogP contribution is -2.48. The maximum atomic E-state index is 12.2. The lowest BCUT2D eigenvalue weighted by atomic mass is 10.1. The molecule has 0 bridgehead atoms. The second-order valence-electron chi connectivity index (χ2n) is 6.53. The molecule has 1 heterocycles. The van der Waals surface area contributed by atoms with Crippen LogP contribution in [0.25, 0.3) is 0 Å². The largest absolute Gasteiger partial charge is 0.444 e. The van der Waals surface area contributed by atoms with Gasteiger partial charge in [0.2, 0.25) is 0 Å². The Morgan fingerprint density at radius 2 is 1.86 bits per heavy atom. The first kappa shape index (κ1) is 18.0. The number of hydrogen-bond acceptors (Lipinski definition) is 5. The highest BCUT2D eigenvalue weighted by molar-refractivity contribution is 5.85. The van der Waals surface area contributed by atoms with Crippen molar-refractivity contribution < 1.29 is 24.0 Å². The summed E-state index contributed by atoms with van der Waals surface area (Å²) in [5.41, 5.74) is -0.243. The van der Waals surface area contributed by atoms with Gasteiger partial charge in [-0.3, -0.25) is 4.79 Å². The monoisotopic (exact) mass is 312 g/mol. The normalized spacial score (nSPS) is 16.7. The third kappa shape index (κ3) is 5.05. The van der Waals surface area contributed by atoms with Crippen molar-refractivity contribution in [1.29, 1.82) is 0 Å². The van der Waals surface area contributed by atoms with Crippen LogP contribution in [0.3, 0.4) is 0 Å². The van der Waals surface area contributed by atoms with E-state index in [2.05, 4.69) is 11.9 Å². The van der Waals surface area contributed by atoms with Gasteiger partial charge in [-0.15, -0.1) is 5.06 Å². The molecule has 0 spiro atoms. The van der Waals surface area contributed by atoms with Crippen molar-refractivity contribution in [3.8, 4) is 0 Å². The Balaban J connectivity index is 2.70. The minimum atomic E-state index is -0.920. The summed E-state index contributed by atoms with van der Waals surface area (Å²) in [6, 6.07) is -0.920. The molecule has 1 aliphatic heterocycles. The summed E-state index contributed by atoms with van der Waals surface area (Å²) >= 11 is 0. The predicted octanol–water partition coefficient (Wildman–Crippen LogP) is 2.13. The molecule has 1 rings (SSSR count). The molecule has 1 N–H and O–H groups in total. The lowest BCUT2D eigenvalue weighted by molar-refractivity contribution is -0.189. The first-order chi connectivity index (χ1) is 10.0. The Hall–Kier alpha value is -2.05. The van der Waals surface area contributed by atoms with Gasteiger partial charge < -0.3 is 14.9 Å². The van der Waals surface area contributed by atoms with E-state index in [0.29, 0.717) is 12.1 Å². The highest BCUT2D eigenvalue weighted by Gasteiger charge is 2.34. The van der Waals surface area contributed by atoms with Crippen LogP contribution in [0.15, 0.2) is 12.3 Å². The van der Waals surface area contributed by atoms with Gasteiger partial charge in [0.1, 0.15) is 11.6 Å². The Labute approximate surface area is 130 Å². The molecule has 0 radical (unpaired) electrons. The minimum absolute atomic E-state index is 0.231. The maximum Gasteiger partial charge on any atom is 0.408 e. The number of rotatable bonds is 4. The standard InChI is InChI=1S/C15H24N2O5/c1-9(2)12(16-14(20)21-15(4,5)6)13(19)22-17-10(3)7-8-11(17)18/h9,12H,3,7-8H2,1-2,4-6H3,(H,16,20). The van der Waals surface area contributed by atoms with Crippen LogP contribution >= 0.6 is 0 Å². The Kier molecular flexibility index (Phi) is 5.57. The van der Waals surface area contributed by atoms with Crippen LogP contribution in [0, 0.1) is 5.92 Å². The fourth-order valence-electron chi connectivity index (χ4n) is 1.83. The SMILES string of the molecule is C=C1CCC(=O)N1OC(=O)C(NC(=O)OC(C)(C)C)C(C)C. The van der Waals surface area contributed by atoms with Gasteiger partial charge in [-0.05, 0) is 33.1 Å². The van der Waals surface area contributed by atoms with E-state index < -0.39 is 23.7 Å². The first-order valence-corrected chi connectivity index (χ1v) is 7.23. The summed E-state index contributed by atoms with van der Waals surface area (Å²) in [6.45, 7) is 12.3. The van der Waals surface area contributed by atoms with Gasteiger partial charge >= 0.3 is 12.1 Å². The third-order valence-corrected chi connectivity index (χ3v) is 2.92. The van der Waals surface area contributed by atoms with Crippen molar-refractivity contribution >= 4 is 18.0 Å². The third-order valence-electron chi connectivity index (χ3n) is 2.92. The van der Waals surface area contributed by atoms with Crippen LogP contribution < -0.4 is 5.32 Å². The molecule has 1 aliphatic rings. The zero-order valence-electron chi connectivity index (χ0n) is 13.8. The van der Waals surface area contributed by atoms with Crippen molar-refractivity contribution in [3.05, 3.63) is 12.3 Å². The Morgan fingerprint density at radius 3 is 2.27 bits per heavy atom. The van der Waals surface area contributed by atoms with E-state index in [0.717, 1.165) is 5.06 Å². The maximum absolute atomic E-state index is 12.2. The minimum Gasteiger partial charge on any atom is -0.444 e. The number of allylic oxidation sites excluding steroid dienone is 1. The molecule has 0 aromatic carbocycles. The average Bonchev–Trinajstić information content (AvgIpc) is 2.65. The quantitative estimate of drug-likeness (QED) is 0.859. The molecule has 2 amide bonds. The van der Waals surface area contributed by atoms with Gasteiger partial charge in [0, 0.05) is 6.42 Å². The highest BCUT2D eigenvalue weighted by atomic mass is 16.7. The molecule has 1 fully saturated rings. The molecule has 1 saturated heterocycles. The van der Waals surface area contributed by atoms with Crippen molar-refractivity contribution in [3.63, 3.8) is 0 Å². The second-order valence-corrected chi connectivity index (χ2v) is 6.53. The average molecular weight is 312 g/mol. The van der Waals surface area contributed by atoms with Crippen LogP contribution in [-0.4, -0.2) is 34.7 Å². The molecule has 0 aliphatic carbocycles. The van der Waals surface area contributed by atoms with Gasteiger partial charge in [-0.1, -0.05) is 20.4 Å². The van der Waals surface area contributed by atoms with Crippen LogP contribution in [0.2, 0.25) is 0 Å². The molecule has 124 valence electrons. The number of nitrogens with one attached hydrogen (secondary N) is 1. The topological polar surface area (TPSA) is 84.9 Å². The first-order valence-electron chi connectivity index (χ1n) is 7.23. The molecular weight excluding hydrogens is 288 g/mol. The smallest absolute Gasteiger partial charge is 0.408 e. The molecule has 0 aromatic heterocycles. The van der Waals surface area contributed by atoms with Crippen LogP contribution in [0.5, 0.6) is 0 Å². The highest BCUT2D eigenvalue weighted by Crippen LogP contribution is 2.21. The summed E-state index contributed by atoms with van der Waals surface area (Å²) in [6.07, 6.45) is 0.00494. The number of carbonyl (C=O) groups excluding carboxylic acids is 3. The van der Waals surface area contributed by atoms with Gasteiger partial charge in [-0.25, -0.2) is 9.59 Å². The van der Waals surface area contributed by atoms with Gasteiger partial charge in [0.15, 0.2) is 0 Å². The molecule has 1 unspecified atom stereocenters. The van der Waals surface area contributed by atoms with Gasteiger partial charge in [-0.2, -0.15) is 0 Å². The molecule has 7 heteroatoms. The fraction of sp³-hybridized carbons (Fsp3) is 0.667. The number of hydrogen-bond donors (Lipinski definition) is 1. The van der Waals surface area contributed by atoms with Crippen LogP contribution in [0.4, 0.5) is 4.79 Å². The number of ether oxygens (including phenoxy) is 1. The number of alkyl carbamates (subject to hydrolysis) is 1. The Morgan fingerprint density at radius 1 is 1.27 bits per heavy atom. The molecule has 0 aromatic rings. The van der Waals surface area contributed by atoms with E-state index in [4.69, 9.17) is 9.57 Å². The van der Waals surface area contributed by atoms with Crippen LogP contribution in [0.1, 0.15) is 47.5 Å². The Bertz CT molecular complexity index is 463. The van der Waals surface area contributed by atoms with E-state index in [9.17, 15) is 14.4 Å². The van der Waals surface area contributed by atoms with Gasteiger partial charge in [0.25, 0.3) is 5.91 Å². The van der Waals surface area contributed by atoms with E-state index in [1.807, 2.05) is 0 Å². The summed E-state index contributed by atoms with van der Waals surface area (Å²) in [7, 11) is 0. The summed E-state index contributed by atoms with van der Waals surface area (Å²) in [5, 5.41) is 3.37. The summed E-state index contributed by atoms with van der Waals surface area (Å²) in [4.78, 5) is 40.7. The van der Waals surface area contributed by atoms with Crippen molar-refractivity contribution in [2.75, 3.05) is 0 Å². The zero-order valence-corrected chi connectivity index (χ0v) is 13.8. The fourth-order valence-corrected chi connectivity index (χ4v) is 1.83. The number of amides is 2. The summed E-state index contributed by atoms with van der Waals surface area (Å²) in [5.74, 6) is -1.28. The molecule has 22 heavy (non-hydrogen) atoms. The molecule has 1 atom stereocenters. The van der Waals surface area contributed by atoms with Gasteiger partial charge in [0.05, 0.1) is 5.70 Å². The number of carbonyl (C=O) groups is 3. The molecule has 0 saturated carbocycles. The van der Waals surface area contributed by atoms with E-state index in [1.54, 1.807) is 34.6 Å². The van der Waals surface area contributed by atoms with Crippen LogP contribution in [-0.2, 0) is 19.2 Å². The second kappa shape index (κ2) is 6.81. The number of nitrogens with zero attached hydrogens (tertiary/aromatic N) is 1. The molecular formula is C15H24N2O5.